The highest BCUT2D eigenvalue weighted by molar-refractivity contribution is 9.10. The number of methoxy groups -OCH3 is 1. The molecule has 2 aromatic heterocycles. The predicted octanol–water partition coefficient (Wildman–Crippen LogP) is 3.81. The molecule has 0 fully saturated rings. The van der Waals surface area contributed by atoms with Crippen LogP contribution in [0.1, 0.15) is 6.42 Å². The maximum absolute atomic E-state index is 12.6. The molecule has 0 spiro atoms. The number of nitrogens with zero attached hydrogens (tertiary/aromatic N) is 3. The van der Waals surface area contributed by atoms with Gasteiger partial charge in [0, 0.05) is 17.4 Å². The van der Waals surface area contributed by atoms with Gasteiger partial charge in [-0.3, -0.25) is 14.2 Å². The summed E-state index contributed by atoms with van der Waals surface area (Å²) in [6.45, 7) is 0.230. The summed E-state index contributed by atoms with van der Waals surface area (Å²) < 4.78 is 8.46. The van der Waals surface area contributed by atoms with Crippen molar-refractivity contribution in [3.63, 3.8) is 0 Å². The quantitative estimate of drug-likeness (QED) is 0.491. The van der Waals surface area contributed by atoms with Crippen LogP contribution in [0.5, 0.6) is 5.75 Å². The number of anilines is 1. The average Bonchev–Trinajstić information content (AvgIpc) is 3.10. The summed E-state index contributed by atoms with van der Waals surface area (Å²) in [7, 11) is 1.58. The van der Waals surface area contributed by atoms with Crippen LogP contribution in [-0.4, -0.2) is 27.6 Å². The smallest absolute Gasteiger partial charge is 0.261 e. The average molecular weight is 459 g/mol. The van der Waals surface area contributed by atoms with Crippen molar-refractivity contribution in [3.05, 3.63) is 57.6 Å². The lowest BCUT2D eigenvalue weighted by Crippen LogP contribution is -2.23. The van der Waals surface area contributed by atoms with E-state index in [1.807, 2.05) is 24.3 Å². The molecule has 0 aliphatic carbocycles. The van der Waals surface area contributed by atoms with Gasteiger partial charge in [0.05, 0.1) is 29.0 Å². The number of rotatable bonds is 5. The first-order chi connectivity index (χ1) is 13.5. The third-order valence-corrected chi connectivity index (χ3v) is 5.64. The van der Waals surface area contributed by atoms with Gasteiger partial charge in [-0.1, -0.05) is 33.3 Å². The summed E-state index contributed by atoms with van der Waals surface area (Å²) in [5, 5.41) is 3.80. The van der Waals surface area contributed by atoms with E-state index in [1.165, 1.54) is 22.2 Å². The number of aromatic nitrogens is 3. The van der Waals surface area contributed by atoms with E-state index >= 15 is 0 Å². The maximum Gasteiger partial charge on any atom is 0.261 e. The summed E-state index contributed by atoms with van der Waals surface area (Å²) in [4.78, 5) is 33.6. The van der Waals surface area contributed by atoms with Crippen molar-refractivity contribution in [1.29, 1.82) is 0 Å². The highest BCUT2D eigenvalue weighted by atomic mass is 79.9. The van der Waals surface area contributed by atoms with Crippen LogP contribution >= 0.6 is 27.3 Å². The Balaban J connectivity index is 1.48. The number of carbonyl (C=O) groups excluding carboxylic acids is 1. The van der Waals surface area contributed by atoms with E-state index in [-0.39, 0.29) is 24.4 Å². The molecule has 0 radical (unpaired) electrons. The predicted molar refractivity (Wildman–Crippen MR) is 113 cm³/mol. The number of thiazole rings is 1. The Morgan fingerprint density at radius 2 is 2.18 bits per heavy atom. The minimum Gasteiger partial charge on any atom is -0.494 e. The first-order valence-corrected chi connectivity index (χ1v) is 10.0. The number of hydrogen-bond donors (Lipinski definition) is 1. The molecule has 9 heteroatoms. The molecule has 7 nitrogen and oxygen atoms in total. The zero-order valence-electron chi connectivity index (χ0n) is 14.8. The van der Waals surface area contributed by atoms with Crippen LogP contribution in [0.3, 0.4) is 0 Å². The molecule has 2 aromatic carbocycles. The highest BCUT2D eigenvalue weighted by Gasteiger charge is 2.12. The fourth-order valence-electron chi connectivity index (χ4n) is 2.84. The second-order valence-electron chi connectivity index (χ2n) is 6.03. The van der Waals surface area contributed by atoms with Gasteiger partial charge in [0.15, 0.2) is 5.13 Å². The van der Waals surface area contributed by atoms with E-state index in [0.29, 0.717) is 27.3 Å². The number of halogens is 1. The zero-order valence-corrected chi connectivity index (χ0v) is 17.2. The van der Waals surface area contributed by atoms with Crippen molar-refractivity contribution in [2.24, 2.45) is 0 Å². The number of fused-ring (bicyclic) bond motifs is 2. The van der Waals surface area contributed by atoms with Gasteiger partial charge < -0.3 is 10.1 Å². The van der Waals surface area contributed by atoms with Crippen molar-refractivity contribution in [2.45, 2.75) is 13.0 Å². The molecule has 0 aliphatic heterocycles. The molecule has 4 rings (SSSR count). The molecule has 0 atom stereocenters. The largest absolute Gasteiger partial charge is 0.494 e. The van der Waals surface area contributed by atoms with E-state index < -0.39 is 0 Å². The second kappa shape index (κ2) is 7.69. The molecule has 4 aromatic rings. The van der Waals surface area contributed by atoms with Gasteiger partial charge in [0.25, 0.3) is 5.56 Å². The van der Waals surface area contributed by atoms with Crippen LogP contribution in [0.2, 0.25) is 0 Å². The Labute approximate surface area is 172 Å². The minimum absolute atomic E-state index is 0.133. The van der Waals surface area contributed by atoms with Gasteiger partial charge in [0.1, 0.15) is 11.3 Å². The molecular weight excluding hydrogens is 444 g/mol. The van der Waals surface area contributed by atoms with E-state index in [0.717, 1.165) is 9.17 Å². The molecule has 0 bridgehead atoms. The molecule has 2 heterocycles. The van der Waals surface area contributed by atoms with Gasteiger partial charge >= 0.3 is 0 Å². The number of carbonyl (C=O) groups is 1. The summed E-state index contributed by atoms with van der Waals surface area (Å²) in [6, 6.07) is 11.0. The first kappa shape index (κ1) is 18.6. The van der Waals surface area contributed by atoms with Gasteiger partial charge in [0.2, 0.25) is 5.91 Å². The van der Waals surface area contributed by atoms with Gasteiger partial charge in [-0.15, -0.1) is 0 Å². The standard InChI is InChI=1S/C19H15BrN4O3S/c1-27-14-3-2-4-15-17(14)23-19(28-15)22-16(25)7-8-24-10-21-13-6-5-11(20)9-12(13)18(24)26/h2-6,9-10H,7-8H2,1H3,(H,22,23,25). The fourth-order valence-corrected chi connectivity index (χ4v) is 4.10. The van der Waals surface area contributed by atoms with E-state index in [9.17, 15) is 9.59 Å². The van der Waals surface area contributed by atoms with E-state index in [2.05, 4.69) is 31.2 Å². The Bertz CT molecular complexity index is 1250. The van der Waals surface area contributed by atoms with Crippen molar-refractivity contribution in [1.82, 2.24) is 14.5 Å². The number of benzene rings is 2. The normalized spacial score (nSPS) is 11.1. The molecule has 1 amide bonds. The molecule has 142 valence electrons. The third-order valence-electron chi connectivity index (χ3n) is 4.21. The third kappa shape index (κ3) is 3.63. The van der Waals surface area contributed by atoms with Gasteiger partial charge in [-0.2, -0.15) is 0 Å². The minimum atomic E-state index is -0.223. The number of amides is 1. The number of nitrogens with one attached hydrogen (secondary N) is 1. The first-order valence-electron chi connectivity index (χ1n) is 8.43. The number of para-hydroxylation sites is 1. The maximum atomic E-state index is 12.6. The molecule has 0 aliphatic rings. The van der Waals surface area contributed by atoms with Crippen LogP contribution in [-0.2, 0) is 11.3 Å². The van der Waals surface area contributed by atoms with Crippen molar-refractivity contribution < 1.29 is 9.53 Å². The SMILES string of the molecule is COc1cccc2sc(NC(=O)CCn3cnc4ccc(Br)cc4c3=O)nc12. The number of hydrogen-bond acceptors (Lipinski definition) is 6. The zero-order chi connectivity index (χ0) is 19.7. The molecule has 1 N–H and O–H groups in total. The van der Waals surface area contributed by atoms with E-state index in [1.54, 1.807) is 19.2 Å². The fraction of sp³-hybridized carbons (Fsp3) is 0.158. The van der Waals surface area contributed by atoms with Crippen molar-refractivity contribution in [3.8, 4) is 5.75 Å². The topological polar surface area (TPSA) is 86.1 Å². The molecule has 28 heavy (non-hydrogen) atoms. The Kier molecular flexibility index (Phi) is 5.10. The molecular formula is C19H15BrN4O3S. The lowest BCUT2D eigenvalue weighted by molar-refractivity contribution is -0.116. The highest BCUT2D eigenvalue weighted by Crippen LogP contribution is 2.32. The van der Waals surface area contributed by atoms with Gasteiger partial charge in [-0.05, 0) is 30.3 Å². The van der Waals surface area contributed by atoms with Crippen molar-refractivity contribution >= 4 is 59.4 Å². The Morgan fingerprint density at radius 3 is 3.00 bits per heavy atom. The summed E-state index contributed by atoms with van der Waals surface area (Å²) in [6.07, 6.45) is 1.60. The molecule has 0 saturated heterocycles. The number of aryl methyl sites for hydroxylation is 1. The van der Waals surface area contributed by atoms with Crippen LogP contribution in [0.25, 0.3) is 21.1 Å². The molecule has 0 saturated carbocycles. The lowest BCUT2D eigenvalue weighted by atomic mass is 10.2. The van der Waals surface area contributed by atoms with Crippen molar-refractivity contribution in [2.75, 3.05) is 12.4 Å². The lowest BCUT2D eigenvalue weighted by Gasteiger charge is -2.06. The number of ether oxygens (including phenoxy) is 1. The second-order valence-corrected chi connectivity index (χ2v) is 7.98. The summed E-state index contributed by atoms with van der Waals surface area (Å²) in [5.41, 5.74) is 1.16. The Morgan fingerprint density at radius 1 is 1.32 bits per heavy atom. The molecule has 0 unspecified atom stereocenters. The van der Waals surface area contributed by atoms with Crippen LogP contribution in [0, 0.1) is 0 Å². The van der Waals surface area contributed by atoms with Crippen LogP contribution in [0.4, 0.5) is 5.13 Å². The summed E-state index contributed by atoms with van der Waals surface area (Å²) >= 11 is 4.73. The van der Waals surface area contributed by atoms with E-state index in [4.69, 9.17) is 4.74 Å². The van der Waals surface area contributed by atoms with Gasteiger partial charge in [-0.25, -0.2) is 9.97 Å². The van der Waals surface area contributed by atoms with Crippen LogP contribution < -0.4 is 15.6 Å². The summed E-state index contributed by atoms with van der Waals surface area (Å²) in [5.74, 6) is 0.438. The Hall–Kier alpha value is -2.78. The van der Waals surface area contributed by atoms with Crippen LogP contribution in [0.15, 0.2) is 52.0 Å². The monoisotopic (exact) mass is 458 g/mol.